The van der Waals surface area contributed by atoms with Crippen LogP contribution in [0.4, 0.5) is 0 Å². The van der Waals surface area contributed by atoms with Gasteiger partial charge in [0.2, 0.25) is 0 Å². The molecule has 0 saturated heterocycles. The Labute approximate surface area is 219 Å². The fourth-order valence-electron chi connectivity index (χ4n) is 8.93. The normalized spacial score (nSPS) is 40.5. The number of aliphatic hydroxyl groups excluding tert-OH is 1. The second-order valence-corrected chi connectivity index (χ2v) is 13.7. The van der Waals surface area contributed by atoms with Crippen molar-refractivity contribution in [2.75, 3.05) is 0 Å². The molecule has 7 heteroatoms. The van der Waals surface area contributed by atoms with Gasteiger partial charge in [0, 0.05) is 48.5 Å². The lowest BCUT2D eigenvalue weighted by Crippen LogP contribution is -2.60. The Kier molecular flexibility index (Phi) is 6.54. The molecule has 0 aromatic carbocycles. The van der Waals surface area contributed by atoms with E-state index in [1.165, 1.54) is 6.92 Å². The minimum absolute atomic E-state index is 0.00884. The number of fused-ring (bicyclic) bond motifs is 4. The maximum atomic E-state index is 14.0. The Hall–Kier alpha value is -2.15. The predicted octanol–water partition coefficient (Wildman–Crippen LogP) is 4.34. The molecule has 2 saturated carbocycles. The third-order valence-corrected chi connectivity index (χ3v) is 11.3. The highest BCUT2D eigenvalue weighted by atomic mass is 16.4. The molecular weight excluding hydrogens is 472 g/mol. The van der Waals surface area contributed by atoms with E-state index in [1.807, 2.05) is 41.5 Å². The number of carbonyl (C=O) groups excluding carboxylic acids is 4. The zero-order valence-corrected chi connectivity index (χ0v) is 23.3. The van der Waals surface area contributed by atoms with E-state index in [0.29, 0.717) is 30.4 Å². The maximum Gasteiger partial charge on any atom is 0.306 e. The largest absolute Gasteiger partial charge is 0.481 e. The van der Waals surface area contributed by atoms with Gasteiger partial charge in [-0.3, -0.25) is 24.0 Å². The molecule has 0 spiro atoms. The summed E-state index contributed by atoms with van der Waals surface area (Å²) < 4.78 is 0. The molecule has 0 amide bonds. The van der Waals surface area contributed by atoms with Crippen molar-refractivity contribution in [1.29, 1.82) is 0 Å². The zero-order chi connectivity index (χ0) is 27.9. The number of hydrogen-bond acceptors (Lipinski definition) is 6. The number of carbonyl (C=O) groups is 5. The van der Waals surface area contributed by atoms with Gasteiger partial charge in [0.15, 0.2) is 5.78 Å². The van der Waals surface area contributed by atoms with Crippen molar-refractivity contribution in [2.24, 2.45) is 45.3 Å². The van der Waals surface area contributed by atoms with Crippen LogP contribution in [0.25, 0.3) is 0 Å². The van der Waals surface area contributed by atoms with Gasteiger partial charge in [-0.1, -0.05) is 41.5 Å². The van der Waals surface area contributed by atoms with Gasteiger partial charge in [-0.2, -0.15) is 0 Å². The Morgan fingerprint density at radius 1 is 1.00 bits per heavy atom. The zero-order valence-electron chi connectivity index (χ0n) is 23.3. The number of rotatable bonds is 6. The van der Waals surface area contributed by atoms with Gasteiger partial charge in [-0.15, -0.1) is 0 Å². The smallest absolute Gasteiger partial charge is 0.306 e. The molecule has 0 aromatic heterocycles. The highest BCUT2D eigenvalue weighted by molar-refractivity contribution is 6.05. The Morgan fingerprint density at radius 3 is 2.22 bits per heavy atom. The van der Waals surface area contributed by atoms with Crippen LogP contribution < -0.4 is 0 Å². The van der Waals surface area contributed by atoms with Gasteiger partial charge in [0.05, 0.1) is 17.4 Å². The molecule has 2 N–H and O–H groups in total. The van der Waals surface area contributed by atoms with Crippen LogP contribution in [0.5, 0.6) is 0 Å². The average Bonchev–Trinajstić information content (AvgIpc) is 2.99. The second-order valence-electron chi connectivity index (χ2n) is 13.7. The Balaban J connectivity index is 1.75. The van der Waals surface area contributed by atoms with Crippen LogP contribution in [0.15, 0.2) is 11.1 Å². The molecule has 0 aliphatic heterocycles. The van der Waals surface area contributed by atoms with Crippen LogP contribution in [-0.4, -0.2) is 45.4 Å². The summed E-state index contributed by atoms with van der Waals surface area (Å²) >= 11 is 0. The van der Waals surface area contributed by atoms with E-state index >= 15 is 0 Å². The number of carboxylic acids is 1. The van der Waals surface area contributed by atoms with Crippen LogP contribution in [0, 0.1) is 45.3 Å². The van der Waals surface area contributed by atoms with Gasteiger partial charge in [-0.05, 0) is 48.5 Å². The van der Waals surface area contributed by atoms with E-state index in [2.05, 4.69) is 0 Å². The summed E-state index contributed by atoms with van der Waals surface area (Å²) in [5.41, 5.74) is -1.92. The van der Waals surface area contributed by atoms with E-state index in [4.69, 9.17) is 0 Å². The third-order valence-electron chi connectivity index (χ3n) is 11.3. The molecule has 4 aliphatic rings. The first-order valence-corrected chi connectivity index (χ1v) is 13.7. The van der Waals surface area contributed by atoms with Gasteiger partial charge in [0.1, 0.15) is 17.3 Å². The summed E-state index contributed by atoms with van der Waals surface area (Å²) in [6, 6.07) is 0. The monoisotopic (exact) mass is 514 g/mol. The Morgan fingerprint density at radius 2 is 1.62 bits per heavy atom. The highest BCUT2D eigenvalue weighted by Gasteiger charge is 2.70. The third kappa shape index (κ3) is 3.74. The average molecular weight is 515 g/mol. The SMILES string of the molecule is CC(CC(=O)C[C@@H](C)[C@H]1CC(=O)[C@@]2(C)C3=C(C(=O)C[C@]12C)[C@@]1(C)CCC(=O)C(C)(C)[C@@H]1C[C@@H]3O)C(=O)O. The van der Waals surface area contributed by atoms with Crippen molar-refractivity contribution in [2.45, 2.75) is 99.5 Å². The number of allylic oxidation sites excluding steroid dienone is 1. The van der Waals surface area contributed by atoms with Crippen LogP contribution >= 0.6 is 0 Å². The van der Waals surface area contributed by atoms with Gasteiger partial charge < -0.3 is 10.2 Å². The van der Waals surface area contributed by atoms with Gasteiger partial charge >= 0.3 is 5.97 Å². The fraction of sp³-hybridized carbons (Fsp3) is 0.767. The first kappa shape index (κ1) is 27.9. The maximum absolute atomic E-state index is 14.0. The first-order chi connectivity index (χ1) is 16.9. The van der Waals surface area contributed by atoms with Crippen LogP contribution in [0.2, 0.25) is 0 Å². The summed E-state index contributed by atoms with van der Waals surface area (Å²) in [4.78, 5) is 64.6. The summed E-state index contributed by atoms with van der Waals surface area (Å²) in [5.74, 6) is -2.49. The van der Waals surface area contributed by atoms with E-state index in [9.17, 15) is 34.2 Å². The predicted molar refractivity (Wildman–Crippen MR) is 136 cm³/mol. The van der Waals surface area contributed by atoms with Crippen LogP contribution in [-0.2, 0) is 24.0 Å². The number of Topliss-reactive ketones (excluding diaryl/α,β-unsaturated/α-hetero) is 4. The van der Waals surface area contributed by atoms with Gasteiger partial charge in [-0.25, -0.2) is 0 Å². The fourth-order valence-corrected chi connectivity index (χ4v) is 8.93. The lowest BCUT2D eigenvalue weighted by molar-refractivity contribution is -0.147. The molecule has 8 atom stereocenters. The lowest BCUT2D eigenvalue weighted by Gasteiger charge is -2.60. The molecule has 0 bridgehead atoms. The van der Waals surface area contributed by atoms with Crippen molar-refractivity contribution in [1.82, 2.24) is 0 Å². The lowest BCUT2D eigenvalue weighted by atomic mass is 9.42. The summed E-state index contributed by atoms with van der Waals surface area (Å²) in [6.45, 7) is 13.1. The molecule has 0 aromatic rings. The molecule has 0 heterocycles. The summed E-state index contributed by atoms with van der Waals surface area (Å²) in [7, 11) is 0. The van der Waals surface area contributed by atoms with E-state index in [-0.39, 0.29) is 66.6 Å². The van der Waals surface area contributed by atoms with Crippen molar-refractivity contribution in [3.05, 3.63) is 11.1 Å². The van der Waals surface area contributed by atoms with E-state index < -0.39 is 39.7 Å². The van der Waals surface area contributed by atoms with E-state index in [0.717, 1.165) is 0 Å². The number of aliphatic hydroxyl groups is 1. The molecule has 1 unspecified atom stereocenters. The van der Waals surface area contributed by atoms with Gasteiger partial charge in [0.25, 0.3) is 0 Å². The molecule has 4 rings (SSSR count). The van der Waals surface area contributed by atoms with Crippen molar-refractivity contribution >= 4 is 29.1 Å². The van der Waals surface area contributed by atoms with Crippen molar-refractivity contribution in [3.63, 3.8) is 0 Å². The standard InChI is InChI=1S/C30H42O7/c1-15(10-17(31)11-16(2)26(36)37)18-12-23(35)30(7)25-19(32)13-21-27(3,4)22(34)8-9-28(21,5)24(25)20(33)14-29(18,30)6/h15-16,18-19,21,32H,8-14H2,1-7H3,(H,36,37)/t15-,16?,18-,19+,21+,28+,29-,30+/m1/s1. The molecule has 7 nitrogen and oxygen atoms in total. The molecule has 4 aliphatic carbocycles. The van der Waals surface area contributed by atoms with Crippen molar-refractivity contribution < 1.29 is 34.2 Å². The minimum atomic E-state index is -1.04. The first-order valence-electron chi connectivity index (χ1n) is 13.7. The highest BCUT2D eigenvalue weighted by Crippen LogP contribution is 2.70. The summed E-state index contributed by atoms with van der Waals surface area (Å²) in [6.07, 6.45) is 0.736. The van der Waals surface area contributed by atoms with Crippen molar-refractivity contribution in [3.8, 4) is 0 Å². The topological polar surface area (TPSA) is 126 Å². The molecule has 0 radical (unpaired) electrons. The van der Waals surface area contributed by atoms with E-state index in [1.54, 1.807) is 0 Å². The van der Waals surface area contributed by atoms with Crippen LogP contribution in [0.3, 0.4) is 0 Å². The number of carboxylic acid groups (broad SMARTS) is 1. The molecule has 2 fully saturated rings. The number of hydrogen-bond donors (Lipinski definition) is 2. The Bertz CT molecular complexity index is 1110. The quantitative estimate of drug-likeness (QED) is 0.540. The second kappa shape index (κ2) is 8.69. The molecular formula is C30H42O7. The molecule has 37 heavy (non-hydrogen) atoms. The molecule has 204 valence electrons. The minimum Gasteiger partial charge on any atom is -0.481 e. The summed E-state index contributed by atoms with van der Waals surface area (Å²) in [5, 5.41) is 20.7. The van der Waals surface area contributed by atoms with Crippen LogP contribution in [0.1, 0.15) is 93.4 Å². The number of ketones is 4. The number of aliphatic carboxylic acids is 1.